The van der Waals surface area contributed by atoms with E-state index < -0.39 is 0 Å². The Bertz CT molecular complexity index is 538. The van der Waals surface area contributed by atoms with Crippen molar-refractivity contribution in [3.05, 3.63) is 57.8 Å². The summed E-state index contributed by atoms with van der Waals surface area (Å²) in [5.74, 6) is -0.0417. The molecule has 0 radical (unpaired) electrons. The fraction of sp³-hybridized carbons (Fsp3) is 0.143. The van der Waals surface area contributed by atoms with E-state index >= 15 is 0 Å². The summed E-state index contributed by atoms with van der Waals surface area (Å²) in [6.45, 7) is 0. The van der Waals surface area contributed by atoms with E-state index in [1.54, 1.807) is 0 Å². The number of thiophene rings is 1. The van der Waals surface area contributed by atoms with Crippen molar-refractivity contribution >= 4 is 22.7 Å². The summed E-state index contributed by atoms with van der Waals surface area (Å²) < 4.78 is 14.2. The van der Waals surface area contributed by atoms with Crippen LogP contribution in [0.2, 0.25) is 0 Å². The maximum absolute atomic E-state index is 14.2. The van der Waals surface area contributed by atoms with Crippen LogP contribution >= 0.6 is 11.3 Å². The zero-order valence-corrected chi connectivity index (χ0v) is 9.56. The molecule has 0 saturated carbocycles. The predicted molar refractivity (Wildman–Crippen MR) is 67.0 cm³/mol. The topological polar surface area (TPSA) is 0 Å². The van der Waals surface area contributed by atoms with Crippen LogP contribution in [-0.4, -0.2) is 0 Å². The molecule has 0 N–H and O–H groups in total. The van der Waals surface area contributed by atoms with Crippen LogP contribution in [0.25, 0.3) is 11.4 Å². The smallest absolute Gasteiger partial charge is 0.144 e. The van der Waals surface area contributed by atoms with Crippen molar-refractivity contribution in [1.82, 2.24) is 0 Å². The molecule has 1 aliphatic carbocycles. The third-order valence-corrected chi connectivity index (χ3v) is 3.85. The van der Waals surface area contributed by atoms with Crippen molar-refractivity contribution in [3.63, 3.8) is 0 Å². The highest BCUT2D eigenvalue weighted by molar-refractivity contribution is 7.11. The lowest BCUT2D eigenvalue weighted by molar-refractivity contribution is 0.763. The van der Waals surface area contributed by atoms with Gasteiger partial charge >= 0.3 is 0 Å². The number of fused-ring (bicyclic) bond motifs is 1. The maximum atomic E-state index is 14.2. The Balaban J connectivity index is 2.13. The minimum Gasteiger partial charge on any atom is -0.205 e. The molecule has 0 unspecified atom stereocenters. The predicted octanol–water partition coefficient (Wildman–Crippen LogP) is 4.53. The van der Waals surface area contributed by atoms with E-state index in [0.29, 0.717) is 0 Å². The average Bonchev–Trinajstić information content (AvgIpc) is 2.98. The van der Waals surface area contributed by atoms with Crippen molar-refractivity contribution < 1.29 is 4.39 Å². The first-order valence-electron chi connectivity index (χ1n) is 5.37. The van der Waals surface area contributed by atoms with Gasteiger partial charge in [-0.2, -0.15) is 0 Å². The first-order valence-corrected chi connectivity index (χ1v) is 6.25. The zero-order chi connectivity index (χ0) is 11.0. The molecule has 0 atom stereocenters. The summed E-state index contributed by atoms with van der Waals surface area (Å²) in [5, 5.41) is 1.91. The molecule has 0 spiro atoms. The van der Waals surface area contributed by atoms with E-state index in [9.17, 15) is 4.39 Å². The minimum absolute atomic E-state index is 0.0417. The van der Waals surface area contributed by atoms with Crippen LogP contribution in [0.4, 0.5) is 4.39 Å². The summed E-state index contributed by atoms with van der Waals surface area (Å²) in [4.78, 5) is 0.742. The second-order valence-corrected chi connectivity index (χ2v) is 4.87. The van der Waals surface area contributed by atoms with Crippen molar-refractivity contribution in [3.8, 4) is 0 Å². The zero-order valence-electron chi connectivity index (χ0n) is 8.74. The van der Waals surface area contributed by atoms with Gasteiger partial charge in [0.1, 0.15) is 5.83 Å². The summed E-state index contributed by atoms with van der Waals surface area (Å²) >= 11 is 1.46. The van der Waals surface area contributed by atoms with Crippen molar-refractivity contribution in [2.24, 2.45) is 0 Å². The molecule has 0 amide bonds. The van der Waals surface area contributed by atoms with Crippen molar-refractivity contribution in [2.45, 2.75) is 12.8 Å². The van der Waals surface area contributed by atoms with Gasteiger partial charge in [0.15, 0.2) is 0 Å². The third kappa shape index (κ3) is 1.50. The van der Waals surface area contributed by atoms with Gasteiger partial charge in [0.05, 0.1) is 4.88 Å². The molecule has 0 saturated heterocycles. The summed E-state index contributed by atoms with van der Waals surface area (Å²) in [6, 6.07) is 11.8. The van der Waals surface area contributed by atoms with Gasteiger partial charge in [0.25, 0.3) is 0 Å². The molecular formula is C14H11FS. The van der Waals surface area contributed by atoms with Crippen LogP contribution in [0.5, 0.6) is 0 Å². The number of allylic oxidation sites excluding steroid dienone is 1. The quantitative estimate of drug-likeness (QED) is 0.675. The van der Waals surface area contributed by atoms with Crippen molar-refractivity contribution in [2.75, 3.05) is 0 Å². The fourth-order valence-corrected chi connectivity index (χ4v) is 2.89. The van der Waals surface area contributed by atoms with E-state index in [4.69, 9.17) is 0 Å². The van der Waals surface area contributed by atoms with Crippen LogP contribution in [0.1, 0.15) is 22.4 Å². The molecule has 2 heteroatoms. The van der Waals surface area contributed by atoms with Gasteiger partial charge in [-0.25, -0.2) is 4.39 Å². The Morgan fingerprint density at radius 1 is 1.06 bits per heavy atom. The van der Waals surface area contributed by atoms with Gasteiger partial charge in [-0.3, -0.25) is 0 Å². The lowest BCUT2D eigenvalue weighted by Gasteiger charge is -2.02. The molecule has 1 aromatic heterocycles. The highest BCUT2D eigenvalue weighted by Crippen LogP contribution is 2.39. The number of hydrogen-bond donors (Lipinski definition) is 0. The second kappa shape index (κ2) is 3.87. The standard InChI is InChI=1S/C14H11FS/c15-14(13-6-3-9-16-13)12-8-7-10-4-1-2-5-11(10)12/h1-6,9H,7-8H2/b14-12+. The largest absolute Gasteiger partial charge is 0.205 e. The van der Waals surface area contributed by atoms with Crippen LogP contribution in [0.3, 0.4) is 0 Å². The molecule has 0 nitrogen and oxygen atoms in total. The minimum atomic E-state index is -0.0417. The lowest BCUT2D eigenvalue weighted by atomic mass is 10.1. The number of aryl methyl sites for hydroxylation is 1. The molecule has 2 aromatic rings. The van der Waals surface area contributed by atoms with E-state index in [1.165, 1.54) is 16.9 Å². The highest BCUT2D eigenvalue weighted by atomic mass is 32.1. The van der Waals surface area contributed by atoms with Crippen LogP contribution in [-0.2, 0) is 6.42 Å². The summed E-state index contributed by atoms with van der Waals surface area (Å²) in [6.07, 6.45) is 1.79. The van der Waals surface area contributed by atoms with Gasteiger partial charge in [-0.05, 0) is 41.0 Å². The Labute approximate surface area is 98.1 Å². The maximum Gasteiger partial charge on any atom is 0.144 e. The summed E-state index contributed by atoms with van der Waals surface area (Å²) in [7, 11) is 0. The first kappa shape index (κ1) is 9.79. The monoisotopic (exact) mass is 230 g/mol. The molecule has 0 fully saturated rings. The molecule has 0 bridgehead atoms. The average molecular weight is 230 g/mol. The Morgan fingerprint density at radius 3 is 2.75 bits per heavy atom. The van der Waals surface area contributed by atoms with Gasteiger partial charge in [0.2, 0.25) is 0 Å². The Morgan fingerprint density at radius 2 is 1.94 bits per heavy atom. The van der Waals surface area contributed by atoms with Crippen molar-refractivity contribution in [1.29, 1.82) is 0 Å². The second-order valence-electron chi connectivity index (χ2n) is 3.93. The SMILES string of the molecule is F/C(=C1\CCc2ccccc21)c1cccs1. The molecule has 80 valence electrons. The lowest BCUT2D eigenvalue weighted by Crippen LogP contribution is -1.81. The molecule has 1 heterocycles. The number of rotatable bonds is 1. The van der Waals surface area contributed by atoms with Crippen LogP contribution < -0.4 is 0 Å². The number of benzene rings is 1. The number of hydrogen-bond acceptors (Lipinski definition) is 1. The third-order valence-electron chi connectivity index (χ3n) is 2.99. The van der Waals surface area contributed by atoms with Gasteiger partial charge < -0.3 is 0 Å². The van der Waals surface area contributed by atoms with E-state index in [-0.39, 0.29) is 5.83 Å². The Kier molecular flexibility index (Phi) is 2.37. The fourth-order valence-electron chi connectivity index (χ4n) is 2.21. The highest BCUT2D eigenvalue weighted by Gasteiger charge is 2.20. The van der Waals surface area contributed by atoms with E-state index in [2.05, 4.69) is 6.07 Å². The Hall–Kier alpha value is -1.41. The molecule has 16 heavy (non-hydrogen) atoms. The van der Waals surface area contributed by atoms with Gasteiger partial charge in [0, 0.05) is 0 Å². The van der Waals surface area contributed by atoms with Crippen LogP contribution in [0.15, 0.2) is 41.8 Å². The first-order chi connectivity index (χ1) is 7.86. The van der Waals surface area contributed by atoms with Gasteiger partial charge in [-0.1, -0.05) is 30.3 Å². The molecular weight excluding hydrogens is 219 g/mol. The van der Waals surface area contributed by atoms with E-state index in [0.717, 1.165) is 28.9 Å². The molecule has 1 aliphatic rings. The normalized spacial score (nSPS) is 17.3. The summed E-state index contributed by atoms with van der Waals surface area (Å²) in [5.41, 5.74) is 3.23. The van der Waals surface area contributed by atoms with Crippen LogP contribution in [0, 0.1) is 0 Å². The number of halogens is 1. The molecule has 0 aliphatic heterocycles. The molecule has 1 aromatic carbocycles. The molecule has 3 rings (SSSR count). The van der Waals surface area contributed by atoms with Gasteiger partial charge in [-0.15, -0.1) is 11.3 Å². The van der Waals surface area contributed by atoms with E-state index in [1.807, 2.05) is 35.7 Å².